The summed E-state index contributed by atoms with van der Waals surface area (Å²) in [6.07, 6.45) is 1.79. The molecule has 1 aliphatic rings. The maximum atomic E-state index is 11.7. The number of carbonyl (C=O) groups is 1. The number of rotatable bonds is 4. The summed E-state index contributed by atoms with van der Waals surface area (Å²) < 4.78 is 10.1. The Morgan fingerprint density at radius 2 is 2.16 bits per heavy atom. The van der Waals surface area contributed by atoms with Crippen LogP contribution in [0, 0.1) is 11.3 Å². The monoisotopic (exact) mass is 300 g/mol. The molecule has 1 fully saturated rings. The second-order valence-electron chi connectivity index (χ2n) is 3.65. The third-order valence-electron chi connectivity index (χ3n) is 2.52. The van der Waals surface area contributed by atoms with Crippen LogP contribution in [0.25, 0.3) is 0 Å². The molecular weight excluding hydrogens is 284 g/mol. The number of thioether (sulfide) groups is 1. The van der Waals surface area contributed by atoms with E-state index in [1.165, 1.54) is 11.8 Å². The van der Waals surface area contributed by atoms with Crippen LogP contribution >= 0.6 is 24.0 Å². The third-order valence-corrected chi connectivity index (χ3v) is 3.91. The second-order valence-corrected chi connectivity index (χ2v) is 4.85. The maximum absolute atomic E-state index is 11.7. The van der Waals surface area contributed by atoms with E-state index in [4.69, 9.17) is 27.0 Å². The van der Waals surface area contributed by atoms with Crippen LogP contribution in [-0.2, 0) is 14.3 Å². The minimum absolute atomic E-state index is 0.0224. The molecule has 0 aromatic rings. The van der Waals surface area contributed by atoms with Gasteiger partial charge in [-0.05, 0) is 13.2 Å². The van der Waals surface area contributed by atoms with E-state index in [2.05, 4.69) is 0 Å². The van der Waals surface area contributed by atoms with Gasteiger partial charge in [0.1, 0.15) is 11.1 Å². The van der Waals surface area contributed by atoms with E-state index in [-0.39, 0.29) is 12.2 Å². The molecule has 0 bridgehead atoms. The number of thiocarbonyl (C=S) groups is 1. The predicted octanol–water partition coefficient (Wildman–Crippen LogP) is 1.35. The second kappa shape index (κ2) is 8.15. The Labute approximate surface area is 122 Å². The van der Waals surface area contributed by atoms with Crippen LogP contribution in [0.4, 0.5) is 0 Å². The molecule has 0 aromatic carbocycles. The molecule has 1 saturated heterocycles. The van der Waals surface area contributed by atoms with Crippen molar-refractivity contribution in [2.75, 3.05) is 39.2 Å². The highest BCUT2D eigenvalue weighted by Gasteiger charge is 2.23. The quantitative estimate of drug-likeness (QED) is 0.336. The van der Waals surface area contributed by atoms with Gasteiger partial charge in [0.15, 0.2) is 5.57 Å². The molecule has 0 aliphatic carbocycles. The molecule has 0 amide bonds. The fraction of sp³-hybridized carbons (Fsp3) is 0.583. The van der Waals surface area contributed by atoms with Crippen molar-refractivity contribution in [1.29, 1.82) is 5.26 Å². The third kappa shape index (κ3) is 4.20. The van der Waals surface area contributed by atoms with Crippen LogP contribution in [0.15, 0.2) is 10.5 Å². The summed E-state index contributed by atoms with van der Waals surface area (Å²) in [5, 5.41) is 9.15. The van der Waals surface area contributed by atoms with E-state index in [0.717, 1.165) is 0 Å². The van der Waals surface area contributed by atoms with Gasteiger partial charge in [0.2, 0.25) is 0 Å². The molecule has 0 radical (unpaired) electrons. The van der Waals surface area contributed by atoms with Crippen molar-refractivity contribution in [3.63, 3.8) is 0 Å². The van der Waals surface area contributed by atoms with Crippen molar-refractivity contribution < 1.29 is 14.3 Å². The van der Waals surface area contributed by atoms with Crippen LogP contribution in [-0.4, -0.2) is 55.0 Å². The number of carbonyl (C=O) groups excluding carboxylic acids is 1. The topological polar surface area (TPSA) is 62.6 Å². The Kier molecular flexibility index (Phi) is 6.84. The van der Waals surface area contributed by atoms with E-state index in [0.29, 0.717) is 36.2 Å². The van der Waals surface area contributed by atoms with E-state index in [1.54, 1.807) is 13.2 Å². The molecule has 0 saturated carbocycles. The Morgan fingerprint density at radius 3 is 2.63 bits per heavy atom. The summed E-state index contributed by atoms with van der Waals surface area (Å²) in [7, 11) is 0. The SMILES string of the molecule is CCOC(=O)/C(C#N)=C(/SC)C(=S)N1CCOCC1. The van der Waals surface area contributed by atoms with Gasteiger partial charge in [-0.15, -0.1) is 11.8 Å². The van der Waals surface area contributed by atoms with Gasteiger partial charge in [0, 0.05) is 13.1 Å². The van der Waals surface area contributed by atoms with Crippen LogP contribution in [0.2, 0.25) is 0 Å². The lowest BCUT2D eigenvalue weighted by molar-refractivity contribution is -0.138. The van der Waals surface area contributed by atoms with Gasteiger partial charge in [0.25, 0.3) is 0 Å². The molecule has 1 rings (SSSR count). The van der Waals surface area contributed by atoms with Crippen molar-refractivity contribution in [3.05, 3.63) is 10.5 Å². The lowest BCUT2D eigenvalue weighted by Crippen LogP contribution is -2.40. The van der Waals surface area contributed by atoms with E-state index < -0.39 is 5.97 Å². The van der Waals surface area contributed by atoms with E-state index >= 15 is 0 Å². The largest absolute Gasteiger partial charge is 0.462 e. The molecule has 0 N–H and O–H groups in total. The van der Waals surface area contributed by atoms with Crippen molar-refractivity contribution in [2.24, 2.45) is 0 Å². The molecule has 1 heterocycles. The fourth-order valence-electron chi connectivity index (χ4n) is 1.60. The molecule has 0 aromatic heterocycles. The van der Waals surface area contributed by atoms with E-state index in [9.17, 15) is 4.79 Å². The highest BCUT2D eigenvalue weighted by molar-refractivity contribution is 8.04. The van der Waals surface area contributed by atoms with Crippen LogP contribution in [0.5, 0.6) is 0 Å². The lowest BCUT2D eigenvalue weighted by Gasteiger charge is -2.29. The summed E-state index contributed by atoms with van der Waals surface area (Å²) in [6.45, 7) is 4.48. The first-order valence-corrected chi connectivity index (χ1v) is 7.51. The zero-order valence-corrected chi connectivity index (χ0v) is 12.6. The first-order chi connectivity index (χ1) is 9.15. The Bertz CT molecular complexity index is 423. The van der Waals surface area contributed by atoms with Gasteiger partial charge >= 0.3 is 5.97 Å². The van der Waals surface area contributed by atoms with Crippen molar-refractivity contribution in [1.82, 2.24) is 4.90 Å². The highest BCUT2D eigenvalue weighted by Crippen LogP contribution is 2.22. The van der Waals surface area contributed by atoms with Crippen molar-refractivity contribution in [2.45, 2.75) is 6.92 Å². The first kappa shape index (κ1) is 16.0. The van der Waals surface area contributed by atoms with Crippen LogP contribution in [0.3, 0.4) is 0 Å². The standard InChI is InChI=1S/C12H16N2O3S2/c1-3-17-12(15)9(8-13)10(19-2)11(18)14-4-6-16-7-5-14/h3-7H2,1-2H3/b10-9+. The molecular formula is C12H16N2O3S2. The summed E-state index contributed by atoms with van der Waals surface area (Å²) in [4.78, 5) is 14.7. The number of hydrogen-bond donors (Lipinski definition) is 0. The minimum atomic E-state index is -0.620. The Morgan fingerprint density at radius 1 is 1.53 bits per heavy atom. The van der Waals surface area contributed by atoms with Crippen molar-refractivity contribution >= 4 is 34.9 Å². The summed E-state index contributed by atoms with van der Waals surface area (Å²) in [5.41, 5.74) is -0.0224. The molecule has 19 heavy (non-hydrogen) atoms. The van der Waals surface area contributed by atoms with Gasteiger partial charge < -0.3 is 14.4 Å². The molecule has 0 spiro atoms. The van der Waals surface area contributed by atoms with Gasteiger partial charge in [-0.3, -0.25) is 0 Å². The molecule has 7 heteroatoms. The molecule has 1 aliphatic heterocycles. The van der Waals surface area contributed by atoms with Gasteiger partial charge in [-0.1, -0.05) is 12.2 Å². The normalized spacial score (nSPS) is 16.4. The Balaban J connectivity index is 2.98. The molecule has 0 unspecified atom stereocenters. The molecule has 104 valence electrons. The number of morpholine rings is 1. The molecule has 5 nitrogen and oxygen atoms in total. The highest BCUT2D eigenvalue weighted by atomic mass is 32.2. The Hall–Kier alpha value is -1.10. The number of hydrogen-bond acceptors (Lipinski definition) is 6. The van der Waals surface area contributed by atoms with Crippen LogP contribution in [0.1, 0.15) is 6.92 Å². The number of ether oxygens (including phenoxy) is 2. The van der Waals surface area contributed by atoms with Crippen molar-refractivity contribution in [3.8, 4) is 6.07 Å². The average molecular weight is 300 g/mol. The number of esters is 1. The van der Waals surface area contributed by atoms with Gasteiger partial charge in [-0.25, -0.2) is 4.79 Å². The van der Waals surface area contributed by atoms with Crippen LogP contribution < -0.4 is 0 Å². The zero-order chi connectivity index (χ0) is 14.3. The lowest BCUT2D eigenvalue weighted by atomic mass is 10.2. The smallest absolute Gasteiger partial charge is 0.350 e. The average Bonchev–Trinajstić information content (AvgIpc) is 2.45. The fourth-order valence-corrected chi connectivity index (χ4v) is 2.77. The maximum Gasteiger partial charge on any atom is 0.350 e. The summed E-state index contributed by atoms with van der Waals surface area (Å²) in [6, 6.07) is 1.90. The zero-order valence-electron chi connectivity index (χ0n) is 11.0. The number of nitriles is 1. The first-order valence-electron chi connectivity index (χ1n) is 5.88. The van der Waals surface area contributed by atoms with Gasteiger partial charge in [-0.2, -0.15) is 5.26 Å². The minimum Gasteiger partial charge on any atom is -0.462 e. The van der Waals surface area contributed by atoms with E-state index in [1.807, 2.05) is 11.0 Å². The summed E-state index contributed by atoms with van der Waals surface area (Å²) >= 11 is 6.66. The predicted molar refractivity (Wildman–Crippen MR) is 77.8 cm³/mol. The van der Waals surface area contributed by atoms with Gasteiger partial charge in [0.05, 0.1) is 24.7 Å². The number of nitrogens with zero attached hydrogens (tertiary/aromatic N) is 2. The summed E-state index contributed by atoms with van der Waals surface area (Å²) in [5.74, 6) is -0.620. The molecule has 0 atom stereocenters.